The molecule has 1 aliphatic rings. The Balaban J connectivity index is 1.57. The first kappa shape index (κ1) is 22.6. The maximum absolute atomic E-state index is 13.0. The minimum atomic E-state index is -0.375. The van der Waals surface area contributed by atoms with Crippen molar-refractivity contribution in [1.29, 1.82) is 0 Å². The third-order valence-corrected chi connectivity index (χ3v) is 5.95. The molecule has 7 heteroatoms. The number of urea groups is 1. The number of rotatable bonds is 5. The molecule has 1 aromatic heterocycles. The van der Waals surface area contributed by atoms with Crippen molar-refractivity contribution in [1.82, 2.24) is 15.1 Å². The molecule has 2 aromatic carbocycles. The van der Waals surface area contributed by atoms with Crippen molar-refractivity contribution in [3.05, 3.63) is 77.0 Å². The van der Waals surface area contributed by atoms with Gasteiger partial charge < -0.3 is 11.1 Å². The molecule has 0 radical (unpaired) electrons. The number of carbonyl (C=O) groups is 2. The molecule has 0 bridgehead atoms. The molecule has 0 fully saturated rings. The lowest BCUT2D eigenvalue weighted by atomic mass is 9.88. The van der Waals surface area contributed by atoms with E-state index in [9.17, 15) is 9.59 Å². The molecule has 0 saturated carbocycles. The lowest BCUT2D eigenvalue weighted by Crippen LogP contribution is -2.34. The number of hydrogen-bond acceptors (Lipinski definition) is 3. The lowest BCUT2D eigenvalue weighted by molar-refractivity contribution is -0.117. The summed E-state index contributed by atoms with van der Waals surface area (Å²) in [4.78, 5) is 24.2. The summed E-state index contributed by atoms with van der Waals surface area (Å²) in [6.45, 7) is 6.25. The Bertz CT molecular complexity index is 1160. The maximum Gasteiger partial charge on any atom is 0.320 e. The van der Waals surface area contributed by atoms with E-state index in [1.165, 1.54) is 11.1 Å². The van der Waals surface area contributed by atoms with Gasteiger partial charge in [-0.15, -0.1) is 0 Å². The maximum atomic E-state index is 13.0. The number of hydrogen-bond donors (Lipinski definition) is 3. The molecule has 1 heterocycles. The number of amides is 3. The van der Waals surface area contributed by atoms with Gasteiger partial charge in [0.05, 0.1) is 23.8 Å². The van der Waals surface area contributed by atoms with Crippen LogP contribution in [-0.2, 0) is 23.1 Å². The first-order valence-electron chi connectivity index (χ1n) is 11.3. The van der Waals surface area contributed by atoms with E-state index in [4.69, 9.17) is 10.8 Å². The van der Waals surface area contributed by atoms with Crippen molar-refractivity contribution in [2.24, 2.45) is 5.73 Å². The molecule has 0 spiro atoms. The number of fused-ring (bicyclic) bond motifs is 1. The standard InChI is InChI=1S/C26H31N5O2/c1-26(2,3)22-16-24(31(30-22)19-13-11-17(12-14-19)15-23(27)32)29-25(33)28-21-10-6-8-18-7-4-5-9-20(18)21/h4-5,7,9,11-14,16,21H,6,8,10,15H2,1-3H3,(H2,27,32)(H2,28,29,33). The molecule has 3 amide bonds. The molecule has 0 aliphatic heterocycles. The number of primary amides is 1. The first-order valence-corrected chi connectivity index (χ1v) is 11.3. The van der Waals surface area contributed by atoms with E-state index in [-0.39, 0.29) is 29.8 Å². The second-order valence-corrected chi connectivity index (χ2v) is 9.63. The van der Waals surface area contributed by atoms with Crippen LogP contribution in [0.15, 0.2) is 54.6 Å². The Morgan fingerprint density at radius 3 is 2.55 bits per heavy atom. The zero-order valence-corrected chi connectivity index (χ0v) is 19.4. The van der Waals surface area contributed by atoms with E-state index >= 15 is 0 Å². The van der Waals surface area contributed by atoms with Crippen LogP contribution in [0.4, 0.5) is 10.6 Å². The van der Waals surface area contributed by atoms with Gasteiger partial charge in [-0.3, -0.25) is 10.1 Å². The van der Waals surface area contributed by atoms with Gasteiger partial charge >= 0.3 is 6.03 Å². The van der Waals surface area contributed by atoms with Gasteiger partial charge in [-0.05, 0) is 48.1 Å². The van der Waals surface area contributed by atoms with Gasteiger partial charge in [0.15, 0.2) is 0 Å². The van der Waals surface area contributed by atoms with E-state index in [1.54, 1.807) is 4.68 Å². The molecule has 4 rings (SSSR count). The zero-order valence-electron chi connectivity index (χ0n) is 19.4. The highest BCUT2D eigenvalue weighted by molar-refractivity contribution is 5.89. The van der Waals surface area contributed by atoms with Crippen LogP contribution >= 0.6 is 0 Å². The minimum absolute atomic E-state index is 0.0125. The quantitative estimate of drug-likeness (QED) is 0.542. The highest BCUT2D eigenvalue weighted by Gasteiger charge is 2.24. The lowest BCUT2D eigenvalue weighted by Gasteiger charge is -2.26. The van der Waals surface area contributed by atoms with Crippen LogP contribution in [0.25, 0.3) is 5.69 Å². The molecule has 1 aliphatic carbocycles. The van der Waals surface area contributed by atoms with Gasteiger partial charge in [0.1, 0.15) is 5.82 Å². The zero-order chi connectivity index (χ0) is 23.6. The van der Waals surface area contributed by atoms with Gasteiger partial charge in [-0.1, -0.05) is 57.2 Å². The van der Waals surface area contributed by atoms with Gasteiger partial charge in [0, 0.05) is 11.5 Å². The highest BCUT2D eigenvalue weighted by atomic mass is 16.2. The number of nitrogens with two attached hydrogens (primary N) is 1. The molecule has 33 heavy (non-hydrogen) atoms. The molecule has 3 aromatic rings. The third-order valence-electron chi connectivity index (χ3n) is 5.95. The van der Waals surface area contributed by atoms with E-state index in [1.807, 2.05) is 42.5 Å². The van der Waals surface area contributed by atoms with Crippen molar-refractivity contribution in [3.8, 4) is 5.69 Å². The van der Waals surface area contributed by atoms with Crippen LogP contribution in [0.1, 0.15) is 62.0 Å². The second-order valence-electron chi connectivity index (χ2n) is 9.63. The Morgan fingerprint density at radius 1 is 1.12 bits per heavy atom. The number of benzene rings is 2. The average molecular weight is 446 g/mol. The number of carbonyl (C=O) groups excluding carboxylic acids is 2. The molecule has 172 valence electrons. The summed E-state index contributed by atoms with van der Waals surface area (Å²) in [5.41, 5.74) is 10.1. The number of aromatic nitrogens is 2. The van der Waals surface area contributed by atoms with Gasteiger partial charge in [-0.25, -0.2) is 9.48 Å². The summed E-state index contributed by atoms with van der Waals surface area (Å²) in [6, 6.07) is 17.4. The molecular weight excluding hydrogens is 414 g/mol. The van der Waals surface area contributed by atoms with Gasteiger partial charge in [0.25, 0.3) is 0 Å². The summed E-state index contributed by atoms with van der Waals surface area (Å²) in [5.74, 6) is 0.212. The fraction of sp³-hybridized carbons (Fsp3) is 0.346. The van der Waals surface area contributed by atoms with E-state index in [0.29, 0.717) is 5.82 Å². The van der Waals surface area contributed by atoms with Crippen LogP contribution in [0.5, 0.6) is 0 Å². The highest BCUT2D eigenvalue weighted by Crippen LogP contribution is 2.30. The minimum Gasteiger partial charge on any atom is -0.369 e. The predicted molar refractivity (Wildman–Crippen MR) is 129 cm³/mol. The number of aryl methyl sites for hydroxylation is 1. The van der Waals surface area contributed by atoms with Gasteiger partial charge in [-0.2, -0.15) is 5.10 Å². The molecule has 4 N–H and O–H groups in total. The topological polar surface area (TPSA) is 102 Å². The van der Waals surface area contributed by atoms with E-state index in [2.05, 4.69) is 43.5 Å². The summed E-state index contributed by atoms with van der Waals surface area (Å²) >= 11 is 0. The van der Waals surface area contributed by atoms with E-state index < -0.39 is 0 Å². The van der Waals surface area contributed by atoms with Crippen molar-refractivity contribution >= 4 is 17.8 Å². The van der Waals surface area contributed by atoms with Crippen LogP contribution in [0.2, 0.25) is 0 Å². The summed E-state index contributed by atoms with van der Waals surface area (Å²) in [5, 5.41) is 10.9. The Labute approximate surface area is 194 Å². The van der Waals surface area contributed by atoms with Crippen molar-refractivity contribution in [3.63, 3.8) is 0 Å². The predicted octanol–water partition coefficient (Wildman–Crippen LogP) is 4.40. The SMILES string of the molecule is CC(C)(C)c1cc(NC(=O)NC2CCCc3ccccc32)n(-c2ccc(CC(N)=O)cc2)n1. The summed E-state index contributed by atoms with van der Waals surface area (Å²) < 4.78 is 1.73. The number of anilines is 1. The Morgan fingerprint density at radius 2 is 1.85 bits per heavy atom. The van der Waals surface area contributed by atoms with Crippen molar-refractivity contribution in [2.45, 2.75) is 57.9 Å². The average Bonchev–Trinajstić information content (AvgIpc) is 3.18. The number of nitrogens with zero attached hydrogens (tertiary/aromatic N) is 2. The summed E-state index contributed by atoms with van der Waals surface area (Å²) in [6.07, 6.45) is 3.19. The number of nitrogens with one attached hydrogen (secondary N) is 2. The first-order chi connectivity index (χ1) is 15.7. The summed E-state index contributed by atoms with van der Waals surface area (Å²) in [7, 11) is 0. The van der Waals surface area contributed by atoms with Crippen LogP contribution in [0.3, 0.4) is 0 Å². The molecule has 1 atom stereocenters. The second kappa shape index (κ2) is 9.10. The smallest absolute Gasteiger partial charge is 0.320 e. The fourth-order valence-corrected chi connectivity index (χ4v) is 4.20. The largest absolute Gasteiger partial charge is 0.369 e. The molecule has 1 unspecified atom stereocenters. The van der Waals surface area contributed by atoms with Crippen molar-refractivity contribution < 1.29 is 9.59 Å². The van der Waals surface area contributed by atoms with Crippen LogP contribution in [-0.4, -0.2) is 21.7 Å². The van der Waals surface area contributed by atoms with Gasteiger partial charge in [0.2, 0.25) is 5.91 Å². The third kappa shape index (κ3) is 5.25. The fourth-order valence-electron chi connectivity index (χ4n) is 4.20. The normalized spacial score (nSPS) is 15.5. The Hall–Kier alpha value is -3.61. The van der Waals surface area contributed by atoms with Crippen LogP contribution < -0.4 is 16.4 Å². The monoisotopic (exact) mass is 445 g/mol. The molecule has 0 saturated heterocycles. The molecular formula is C26H31N5O2. The van der Waals surface area contributed by atoms with E-state index in [0.717, 1.165) is 36.2 Å². The molecule has 7 nitrogen and oxygen atoms in total. The Kier molecular flexibility index (Phi) is 6.22. The van der Waals surface area contributed by atoms with Crippen LogP contribution in [0, 0.1) is 0 Å². The van der Waals surface area contributed by atoms with Crippen molar-refractivity contribution in [2.75, 3.05) is 5.32 Å².